The van der Waals surface area contributed by atoms with Crippen LogP contribution in [-0.4, -0.2) is 69.1 Å². The minimum Gasteiger partial charge on any atom is -0.294 e. The molecule has 0 heterocycles. The summed E-state index contributed by atoms with van der Waals surface area (Å²) in [5, 5.41) is 0. The van der Waals surface area contributed by atoms with Gasteiger partial charge in [-0.2, -0.15) is 0 Å². The fourth-order valence-corrected chi connectivity index (χ4v) is 18.7. The number of nitrogens with zero attached hydrogens (tertiary/aromatic N) is 3. The van der Waals surface area contributed by atoms with Gasteiger partial charge in [0.25, 0.3) is 0 Å². The topological polar surface area (TPSA) is 9.72 Å². The lowest BCUT2D eigenvalue weighted by molar-refractivity contribution is -0.0507. The molecule has 0 spiro atoms. The van der Waals surface area contributed by atoms with Gasteiger partial charge in [-0.15, -0.1) is 0 Å². The molecular formula is C56H97N3. The zero-order valence-electron chi connectivity index (χ0n) is 39.0. The van der Waals surface area contributed by atoms with Gasteiger partial charge in [0.2, 0.25) is 0 Å². The van der Waals surface area contributed by atoms with Gasteiger partial charge in [0.1, 0.15) is 0 Å². The third-order valence-electron chi connectivity index (χ3n) is 21.3. The molecule has 10 aliphatic carbocycles. The molecule has 0 saturated heterocycles. The molecule has 59 heavy (non-hydrogen) atoms. The summed E-state index contributed by atoms with van der Waals surface area (Å²) < 4.78 is 0. The molecule has 0 aromatic carbocycles. The van der Waals surface area contributed by atoms with Crippen LogP contribution in [0.1, 0.15) is 263 Å². The summed E-state index contributed by atoms with van der Waals surface area (Å²) >= 11 is 0. The van der Waals surface area contributed by atoms with Crippen LogP contribution in [0.5, 0.6) is 0 Å². The van der Waals surface area contributed by atoms with Crippen LogP contribution >= 0.6 is 0 Å². The summed E-state index contributed by atoms with van der Waals surface area (Å²) in [5.41, 5.74) is 0. The number of hydrogen-bond donors (Lipinski definition) is 0. The molecule has 0 N–H and O–H groups in total. The van der Waals surface area contributed by atoms with Crippen molar-refractivity contribution in [1.29, 1.82) is 0 Å². The summed E-state index contributed by atoms with van der Waals surface area (Å²) in [6.07, 6.45) is 62.9. The van der Waals surface area contributed by atoms with Gasteiger partial charge >= 0.3 is 0 Å². The van der Waals surface area contributed by atoms with Crippen molar-refractivity contribution in [3.05, 3.63) is 0 Å². The highest BCUT2D eigenvalue weighted by Gasteiger charge is 2.47. The van der Waals surface area contributed by atoms with E-state index in [0.717, 1.165) is 89.9 Å². The highest BCUT2D eigenvalue weighted by atomic mass is 15.3. The first-order chi connectivity index (χ1) is 29.3. The maximum absolute atomic E-state index is 3.35. The Balaban J connectivity index is 0.766. The Kier molecular flexibility index (Phi) is 15.1. The van der Waals surface area contributed by atoms with Crippen LogP contribution in [0.25, 0.3) is 0 Å². The van der Waals surface area contributed by atoms with E-state index in [1.165, 1.54) is 167 Å². The molecule has 10 rings (SSSR count). The first-order valence-electron chi connectivity index (χ1n) is 28.6. The van der Waals surface area contributed by atoms with Crippen LogP contribution in [0.3, 0.4) is 0 Å². The molecule has 3 heteroatoms. The molecule has 0 aromatic heterocycles. The Morgan fingerprint density at radius 1 is 0.169 bits per heavy atom. The van der Waals surface area contributed by atoms with Crippen molar-refractivity contribution in [2.45, 2.75) is 318 Å². The van der Waals surface area contributed by atoms with Crippen molar-refractivity contribution in [1.82, 2.24) is 14.7 Å². The maximum Gasteiger partial charge on any atom is 0.0132 e. The van der Waals surface area contributed by atoms with E-state index < -0.39 is 0 Å². The monoisotopic (exact) mass is 812 g/mol. The van der Waals surface area contributed by atoms with Crippen molar-refractivity contribution in [2.24, 2.45) is 35.5 Å². The van der Waals surface area contributed by atoms with Crippen LogP contribution in [0, 0.1) is 35.5 Å². The second-order valence-electron chi connectivity index (χ2n) is 24.2. The molecule has 0 bridgehead atoms. The fourth-order valence-electron chi connectivity index (χ4n) is 18.7. The molecule has 0 amide bonds. The molecule has 6 unspecified atom stereocenters. The van der Waals surface area contributed by atoms with E-state index in [4.69, 9.17) is 0 Å². The Bertz CT molecular complexity index is 1220. The Morgan fingerprint density at radius 3 is 0.831 bits per heavy atom. The molecule has 0 radical (unpaired) electrons. The van der Waals surface area contributed by atoms with Gasteiger partial charge in [0.05, 0.1) is 0 Å². The zero-order valence-corrected chi connectivity index (χ0v) is 39.0. The van der Waals surface area contributed by atoms with Crippen molar-refractivity contribution in [2.75, 3.05) is 0 Å². The van der Waals surface area contributed by atoms with Gasteiger partial charge in [-0.25, -0.2) is 0 Å². The summed E-state index contributed by atoms with van der Waals surface area (Å²) in [5.74, 6) is 6.32. The summed E-state index contributed by atoms with van der Waals surface area (Å²) in [6, 6.07) is 8.25. The molecule has 3 nitrogen and oxygen atoms in total. The first-order valence-corrected chi connectivity index (χ1v) is 28.6. The van der Waals surface area contributed by atoms with Gasteiger partial charge in [0, 0.05) is 54.4 Å². The van der Waals surface area contributed by atoms with Crippen molar-refractivity contribution >= 4 is 0 Å². The Labute approximate surface area is 366 Å². The molecule has 6 atom stereocenters. The van der Waals surface area contributed by atoms with E-state index in [1.54, 1.807) is 96.3 Å². The second kappa shape index (κ2) is 20.8. The Hall–Kier alpha value is -0.120. The molecule has 0 aromatic rings. The molecule has 10 fully saturated rings. The standard InChI is InChI=1S/C56H97N3/c1-4-20-46(21-5-1)57(50-38-40-52(41-39-50)59(48-24-8-3-9-25-48)56-29-15-19-45-17-11-13-27-54(45)56)49-34-30-42(31-35-49)43-32-36-51(37-33-43)58(47-22-6-2-7-23-47)55-28-14-18-44-16-10-12-26-53(44)55/h42-56H,1-41H2. The molecule has 0 aliphatic heterocycles. The predicted molar refractivity (Wildman–Crippen MR) is 250 cm³/mol. The van der Waals surface area contributed by atoms with Crippen LogP contribution in [0.15, 0.2) is 0 Å². The highest BCUT2D eigenvalue weighted by molar-refractivity contribution is 5.01. The number of hydrogen-bond acceptors (Lipinski definition) is 3. The third kappa shape index (κ3) is 9.79. The normalized spacial score (nSPS) is 42.8. The average molecular weight is 812 g/mol. The maximum atomic E-state index is 3.35. The van der Waals surface area contributed by atoms with Crippen molar-refractivity contribution in [3.63, 3.8) is 0 Å². The van der Waals surface area contributed by atoms with Crippen molar-refractivity contribution in [3.8, 4) is 0 Å². The van der Waals surface area contributed by atoms with E-state index in [1.807, 2.05) is 0 Å². The molecule has 10 aliphatic rings. The minimum absolute atomic E-state index is 0.891. The van der Waals surface area contributed by atoms with Gasteiger partial charge in [-0.1, -0.05) is 122 Å². The van der Waals surface area contributed by atoms with Crippen LogP contribution < -0.4 is 0 Å². The summed E-state index contributed by atoms with van der Waals surface area (Å²) in [4.78, 5) is 10.0. The Morgan fingerprint density at radius 2 is 0.441 bits per heavy atom. The average Bonchev–Trinajstić information content (AvgIpc) is 3.31. The lowest BCUT2D eigenvalue weighted by atomic mass is 9.66. The molecular weight excluding hydrogens is 715 g/mol. The van der Waals surface area contributed by atoms with Gasteiger partial charge in [-0.3, -0.25) is 14.7 Å². The first kappa shape index (κ1) is 42.8. The van der Waals surface area contributed by atoms with Gasteiger partial charge in [0.15, 0.2) is 0 Å². The van der Waals surface area contributed by atoms with Crippen LogP contribution in [0.4, 0.5) is 0 Å². The van der Waals surface area contributed by atoms with E-state index in [0.29, 0.717) is 0 Å². The SMILES string of the molecule is C1CCC(N(C2CCC(C3CCC(N(C4CCCCC4)C4CCCC5CCCCC54)CC3)CC2)C2CCC(N(C3CCCCC3)C3CCCC4CCCCC43)CC2)CC1. The van der Waals surface area contributed by atoms with E-state index in [2.05, 4.69) is 14.7 Å². The van der Waals surface area contributed by atoms with E-state index in [-0.39, 0.29) is 0 Å². The largest absolute Gasteiger partial charge is 0.294 e. The third-order valence-corrected chi connectivity index (χ3v) is 21.3. The zero-order chi connectivity index (χ0) is 39.4. The predicted octanol–water partition coefficient (Wildman–Crippen LogP) is 15.0. The molecule has 10 saturated carbocycles. The summed E-state index contributed by atoms with van der Waals surface area (Å²) in [6.45, 7) is 0. The minimum atomic E-state index is 0.891. The van der Waals surface area contributed by atoms with E-state index >= 15 is 0 Å². The molecule has 336 valence electrons. The lowest BCUT2D eigenvalue weighted by Crippen LogP contribution is -2.58. The van der Waals surface area contributed by atoms with Crippen molar-refractivity contribution < 1.29 is 0 Å². The summed E-state index contributed by atoms with van der Waals surface area (Å²) in [7, 11) is 0. The van der Waals surface area contributed by atoms with Crippen LogP contribution in [-0.2, 0) is 0 Å². The second-order valence-corrected chi connectivity index (χ2v) is 24.2. The lowest BCUT2D eigenvalue weighted by Gasteiger charge is -2.55. The highest BCUT2D eigenvalue weighted by Crippen LogP contribution is 2.50. The van der Waals surface area contributed by atoms with Crippen LogP contribution in [0.2, 0.25) is 0 Å². The fraction of sp³-hybridized carbons (Fsp3) is 1.00. The number of fused-ring (bicyclic) bond motifs is 2. The van der Waals surface area contributed by atoms with Gasteiger partial charge in [-0.05, 0) is 177 Å². The van der Waals surface area contributed by atoms with Gasteiger partial charge < -0.3 is 0 Å². The smallest absolute Gasteiger partial charge is 0.0132 e. The van der Waals surface area contributed by atoms with E-state index in [9.17, 15) is 0 Å². The quantitative estimate of drug-likeness (QED) is 0.218. The number of rotatable bonds is 10.